The molecule has 1 saturated heterocycles. The van der Waals surface area contributed by atoms with E-state index in [1.807, 2.05) is 0 Å². The van der Waals surface area contributed by atoms with E-state index >= 15 is 0 Å². The number of hydrogen-bond donors (Lipinski definition) is 1. The maximum Gasteiger partial charge on any atom is 0.410 e. The van der Waals surface area contributed by atoms with Gasteiger partial charge < -0.3 is 33.9 Å². The highest BCUT2D eigenvalue weighted by atomic mass is 28.4. The number of carbonyl (C=O) groups is 3. The Morgan fingerprint density at radius 2 is 1.75 bits per heavy atom. The molecule has 0 bridgehead atoms. The molecule has 12 nitrogen and oxygen atoms in total. The Morgan fingerprint density at radius 1 is 1.15 bits per heavy atom. The first-order valence-electron chi connectivity index (χ1n) is 13.4. The third-order valence-electron chi connectivity index (χ3n) is 7.31. The van der Waals surface area contributed by atoms with E-state index in [4.69, 9.17) is 24.5 Å². The summed E-state index contributed by atoms with van der Waals surface area (Å²) in [5, 5.41) is 3.95. The lowest BCUT2D eigenvalue weighted by atomic mass is 9.86. The third kappa shape index (κ3) is 9.20. The highest BCUT2D eigenvalue weighted by Gasteiger charge is 2.49. The number of ether oxygens (including phenoxy) is 4. The summed E-state index contributed by atoms with van der Waals surface area (Å²) in [6, 6.07) is 0. The van der Waals surface area contributed by atoms with Gasteiger partial charge in [-0.15, -0.1) is 0 Å². The van der Waals surface area contributed by atoms with Crippen LogP contribution in [0.1, 0.15) is 67.7 Å². The summed E-state index contributed by atoms with van der Waals surface area (Å²) in [6.45, 7) is 18.2. The molecule has 0 aromatic heterocycles. The Bertz CT molecular complexity index is 959. The molecule has 1 aliphatic rings. The molecule has 40 heavy (non-hydrogen) atoms. The average Bonchev–Trinajstić information content (AvgIpc) is 2.86. The van der Waals surface area contributed by atoms with Crippen LogP contribution in [-0.2, 0) is 37.8 Å². The first-order valence-corrected chi connectivity index (χ1v) is 16.3. The maximum absolute atomic E-state index is 13.1. The number of hydrogen-bond acceptors (Lipinski definition) is 10. The lowest BCUT2D eigenvalue weighted by Crippen LogP contribution is -2.64. The molecular weight excluding hydrogens is 538 g/mol. The zero-order valence-corrected chi connectivity index (χ0v) is 27.2. The molecule has 0 radical (unpaired) electrons. The van der Waals surface area contributed by atoms with Crippen molar-refractivity contribution in [2.24, 2.45) is 10.9 Å². The summed E-state index contributed by atoms with van der Waals surface area (Å²) >= 11 is 0. The standard InChI is InChI=1S/C27H49N3O9Si/c1-13-18(39-40(11,12)26(5,6)7)19-14-15-27(17-36-19,30(8)24(33)37-25(2,3)4)23(28)29-38-20(22(32)35-10)16-21(31)34-9/h16,18-19H,13-15,17H2,1-12H3,(H2,28,29). The summed E-state index contributed by atoms with van der Waals surface area (Å²) in [7, 11) is 1.72. The van der Waals surface area contributed by atoms with Crippen molar-refractivity contribution in [3.8, 4) is 0 Å². The fourth-order valence-electron chi connectivity index (χ4n) is 3.77. The van der Waals surface area contributed by atoms with E-state index in [2.05, 4.69) is 55.4 Å². The molecule has 1 heterocycles. The normalized spacial score (nSPS) is 21.8. The number of methoxy groups -OCH3 is 2. The van der Waals surface area contributed by atoms with Crippen LogP contribution in [-0.4, -0.2) is 88.3 Å². The number of likely N-dealkylation sites (N-methyl/N-ethyl adjacent to an activating group) is 1. The van der Waals surface area contributed by atoms with Crippen molar-refractivity contribution in [3.63, 3.8) is 0 Å². The van der Waals surface area contributed by atoms with Gasteiger partial charge in [-0.3, -0.25) is 4.90 Å². The molecule has 3 atom stereocenters. The minimum atomic E-state index is -2.07. The Morgan fingerprint density at radius 3 is 2.17 bits per heavy atom. The minimum absolute atomic E-state index is 0.0270. The van der Waals surface area contributed by atoms with E-state index in [9.17, 15) is 14.4 Å². The Hall–Kier alpha value is -2.64. The van der Waals surface area contributed by atoms with E-state index in [1.165, 1.54) is 11.9 Å². The number of amides is 1. The van der Waals surface area contributed by atoms with Gasteiger partial charge in [0.1, 0.15) is 11.1 Å². The maximum atomic E-state index is 13.1. The molecule has 1 fully saturated rings. The molecule has 1 rings (SSSR count). The van der Waals surface area contributed by atoms with Crippen molar-refractivity contribution < 1.29 is 42.6 Å². The molecular formula is C27H49N3O9Si. The minimum Gasteiger partial charge on any atom is -0.466 e. The van der Waals surface area contributed by atoms with Crippen LogP contribution in [0.2, 0.25) is 18.1 Å². The SMILES string of the molecule is CCC(O[Si](C)(C)C(C)(C)C)C1CCC(C(N)=NOC(=CC(=O)OC)C(=O)OC)(N(C)C(=O)OC(C)(C)C)CO1. The van der Waals surface area contributed by atoms with E-state index < -0.39 is 43.2 Å². The van der Waals surface area contributed by atoms with Crippen LogP contribution >= 0.6 is 0 Å². The van der Waals surface area contributed by atoms with Gasteiger partial charge in [-0.2, -0.15) is 0 Å². The Kier molecular flexibility index (Phi) is 12.2. The van der Waals surface area contributed by atoms with Gasteiger partial charge in [-0.1, -0.05) is 32.9 Å². The van der Waals surface area contributed by atoms with E-state index in [0.717, 1.165) is 26.7 Å². The summed E-state index contributed by atoms with van der Waals surface area (Å²) in [5.74, 6) is -2.52. The van der Waals surface area contributed by atoms with Crippen LogP contribution in [0, 0.1) is 0 Å². The van der Waals surface area contributed by atoms with Crippen LogP contribution in [0.15, 0.2) is 17.0 Å². The molecule has 1 amide bonds. The number of oxime groups is 1. The lowest BCUT2D eigenvalue weighted by molar-refractivity contribution is -0.142. The number of rotatable bonds is 10. The van der Waals surface area contributed by atoms with Crippen LogP contribution in [0.5, 0.6) is 0 Å². The zero-order valence-electron chi connectivity index (χ0n) is 26.2. The third-order valence-corrected chi connectivity index (χ3v) is 11.8. The van der Waals surface area contributed by atoms with Crippen LogP contribution in [0.25, 0.3) is 0 Å². The van der Waals surface area contributed by atoms with Crippen molar-refractivity contribution in [1.82, 2.24) is 4.90 Å². The highest BCUT2D eigenvalue weighted by Crippen LogP contribution is 2.40. The number of carbonyl (C=O) groups excluding carboxylic acids is 3. The summed E-state index contributed by atoms with van der Waals surface area (Å²) in [5.41, 5.74) is 4.39. The number of nitrogens with two attached hydrogens (primary N) is 1. The van der Waals surface area contributed by atoms with Crippen LogP contribution < -0.4 is 5.73 Å². The largest absolute Gasteiger partial charge is 0.466 e. The quantitative estimate of drug-likeness (QED) is 0.0579. The van der Waals surface area contributed by atoms with Gasteiger partial charge in [0.05, 0.1) is 39.1 Å². The molecule has 230 valence electrons. The second-order valence-corrected chi connectivity index (χ2v) is 17.1. The second kappa shape index (κ2) is 13.8. The second-order valence-electron chi connectivity index (χ2n) is 12.4. The van der Waals surface area contributed by atoms with Crippen molar-refractivity contribution in [2.45, 2.75) is 109 Å². The summed E-state index contributed by atoms with van der Waals surface area (Å²) in [4.78, 5) is 43.5. The lowest BCUT2D eigenvalue weighted by Gasteiger charge is -2.47. The van der Waals surface area contributed by atoms with Crippen LogP contribution in [0.4, 0.5) is 4.79 Å². The first-order chi connectivity index (χ1) is 18.2. The molecule has 2 N–H and O–H groups in total. The highest BCUT2D eigenvalue weighted by molar-refractivity contribution is 6.74. The van der Waals surface area contributed by atoms with Gasteiger partial charge in [0.2, 0.25) is 5.76 Å². The molecule has 0 aromatic carbocycles. The van der Waals surface area contributed by atoms with Crippen molar-refractivity contribution >= 4 is 32.2 Å². The summed E-state index contributed by atoms with van der Waals surface area (Å²) in [6.07, 6.45) is 1.35. The van der Waals surface area contributed by atoms with Crippen molar-refractivity contribution in [3.05, 3.63) is 11.8 Å². The molecule has 0 aliphatic carbocycles. The van der Waals surface area contributed by atoms with Gasteiger partial charge in [0.15, 0.2) is 14.2 Å². The smallest absolute Gasteiger partial charge is 0.410 e. The van der Waals surface area contributed by atoms with E-state index in [1.54, 1.807) is 20.8 Å². The first kappa shape index (κ1) is 35.4. The van der Waals surface area contributed by atoms with Gasteiger partial charge in [0.25, 0.3) is 0 Å². The fraction of sp³-hybridized carbons (Fsp3) is 0.778. The number of nitrogens with zero attached hydrogens (tertiary/aromatic N) is 2. The molecule has 13 heteroatoms. The predicted octanol–water partition coefficient (Wildman–Crippen LogP) is 4.09. The Labute approximate surface area is 239 Å². The predicted molar refractivity (Wildman–Crippen MR) is 153 cm³/mol. The van der Waals surface area contributed by atoms with E-state index in [0.29, 0.717) is 12.8 Å². The van der Waals surface area contributed by atoms with Gasteiger partial charge >= 0.3 is 18.0 Å². The number of esters is 2. The Balaban J connectivity index is 3.38. The molecule has 0 spiro atoms. The van der Waals surface area contributed by atoms with Gasteiger partial charge in [0, 0.05) is 7.05 Å². The van der Waals surface area contributed by atoms with Gasteiger partial charge in [-0.25, -0.2) is 14.4 Å². The van der Waals surface area contributed by atoms with Gasteiger partial charge in [-0.05, 0) is 58.2 Å². The molecule has 0 aromatic rings. The molecule has 0 saturated carbocycles. The van der Waals surface area contributed by atoms with E-state index in [-0.39, 0.29) is 29.7 Å². The average molecular weight is 588 g/mol. The zero-order chi connectivity index (χ0) is 31.1. The topological polar surface area (TPSA) is 148 Å². The van der Waals surface area contributed by atoms with Crippen LogP contribution in [0.3, 0.4) is 0 Å². The molecule has 3 unspecified atom stereocenters. The van der Waals surface area contributed by atoms with Crippen molar-refractivity contribution in [2.75, 3.05) is 27.9 Å². The fourth-order valence-corrected chi connectivity index (χ4v) is 5.20. The number of amidine groups is 1. The molecule has 1 aliphatic heterocycles. The summed E-state index contributed by atoms with van der Waals surface area (Å²) < 4.78 is 27.8. The van der Waals surface area contributed by atoms with Crippen molar-refractivity contribution in [1.29, 1.82) is 0 Å². The monoisotopic (exact) mass is 587 g/mol.